The molecular formula is C24H40IN5O. The standard InChI is InChI=1S/C24H39N5O.HI/c1-3-25-24(27-14-7-15-28-16-11-20(2)12-17-28)26-13-6-10-23(30)29-18-21-8-4-5-9-22(21)19-29;/h4-5,8-9,20H,3,6-7,10-19H2,1-2H3,(H2,25,26,27);1H. The second kappa shape index (κ2) is 13.9. The monoisotopic (exact) mass is 541 g/mol. The Morgan fingerprint density at radius 1 is 1.10 bits per heavy atom. The van der Waals surface area contributed by atoms with Gasteiger partial charge in [0.2, 0.25) is 5.91 Å². The number of guanidine groups is 1. The van der Waals surface area contributed by atoms with Gasteiger partial charge < -0.3 is 20.4 Å². The highest BCUT2D eigenvalue weighted by Crippen LogP contribution is 2.22. The zero-order chi connectivity index (χ0) is 21.2. The summed E-state index contributed by atoms with van der Waals surface area (Å²) in [6, 6.07) is 8.33. The van der Waals surface area contributed by atoms with Crippen LogP contribution in [0, 0.1) is 5.92 Å². The van der Waals surface area contributed by atoms with Crippen molar-refractivity contribution in [2.45, 2.75) is 59.0 Å². The summed E-state index contributed by atoms with van der Waals surface area (Å²) in [6.45, 7) is 12.0. The molecule has 2 heterocycles. The van der Waals surface area contributed by atoms with Crippen molar-refractivity contribution in [2.24, 2.45) is 10.9 Å². The third kappa shape index (κ3) is 8.60. The van der Waals surface area contributed by atoms with Crippen LogP contribution in [0.15, 0.2) is 29.3 Å². The van der Waals surface area contributed by atoms with Crippen LogP contribution in [-0.4, -0.2) is 60.9 Å². The van der Waals surface area contributed by atoms with Crippen LogP contribution in [0.25, 0.3) is 0 Å². The summed E-state index contributed by atoms with van der Waals surface area (Å²) in [4.78, 5) is 21.7. The fraction of sp³-hybridized carbons (Fsp3) is 0.667. The first-order valence-corrected chi connectivity index (χ1v) is 11.7. The van der Waals surface area contributed by atoms with Gasteiger partial charge in [0, 0.05) is 39.1 Å². The minimum absolute atomic E-state index is 0. The zero-order valence-corrected chi connectivity index (χ0v) is 21.6. The summed E-state index contributed by atoms with van der Waals surface area (Å²) < 4.78 is 0. The minimum Gasteiger partial charge on any atom is -0.357 e. The Kier molecular flexibility index (Phi) is 11.6. The first-order chi connectivity index (χ1) is 14.7. The molecule has 3 rings (SSSR count). The van der Waals surface area contributed by atoms with E-state index in [1.807, 2.05) is 17.0 Å². The van der Waals surface area contributed by atoms with Gasteiger partial charge in [-0.25, -0.2) is 0 Å². The van der Waals surface area contributed by atoms with Crippen LogP contribution in [0.2, 0.25) is 0 Å². The molecule has 0 unspecified atom stereocenters. The molecule has 6 nitrogen and oxygen atoms in total. The average molecular weight is 542 g/mol. The van der Waals surface area contributed by atoms with Crippen LogP contribution < -0.4 is 10.6 Å². The number of halogens is 1. The first kappa shape index (κ1) is 25.9. The Morgan fingerprint density at radius 3 is 2.42 bits per heavy atom. The maximum Gasteiger partial charge on any atom is 0.223 e. The summed E-state index contributed by atoms with van der Waals surface area (Å²) >= 11 is 0. The molecule has 0 aliphatic carbocycles. The van der Waals surface area contributed by atoms with Gasteiger partial charge in [0.05, 0.1) is 0 Å². The second-order valence-electron chi connectivity index (χ2n) is 8.69. The topological polar surface area (TPSA) is 60.0 Å². The molecule has 2 aliphatic rings. The van der Waals surface area contributed by atoms with Crippen LogP contribution in [0.4, 0.5) is 0 Å². The molecule has 1 fully saturated rings. The predicted molar refractivity (Wildman–Crippen MR) is 139 cm³/mol. The molecule has 0 radical (unpaired) electrons. The maximum atomic E-state index is 12.5. The van der Waals surface area contributed by atoms with Crippen LogP contribution in [0.5, 0.6) is 0 Å². The van der Waals surface area contributed by atoms with Crippen molar-refractivity contribution in [1.29, 1.82) is 0 Å². The highest BCUT2D eigenvalue weighted by molar-refractivity contribution is 14.0. The number of carbonyl (C=O) groups excluding carboxylic acids is 1. The van der Waals surface area contributed by atoms with Crippen LogP contribution in [0.1, 0.15) is 57.1 Å². The molecule has 0 aromatic heterocycles. The number of nitrogens with zero attached hydrogens (tertiary/aromatic N) is 3. The van der Waals surface area contributed by atoms with E-state index in [9.17, 15) is 4.79 Å². The Morgan fingerprint density at radius 2 is 1.77 bits per heavy atom. The molecule has 1 aromatic carbocycles. The van der Waals surface area contributed by atoms with Crippen molar-refractivity contribution in [1.82, 2.24) is 20.4 Å². The number of fused-ring (bicyclic) bond motifs is 1. The van der Waals surface area contributed by atoms with Gasteiger partial charge in [0.1, 0.15) is 0 Å². The molecule has 0 bridgehead atoms. The van der Waals surface area contributed by atoms with Gasteiger partial charge >= 0.3 is 0 Å². The Bertz CT molecular complexity index is 678. The molecule has 0 saturated carbocycles. The Labute approximate surface area is 205 Å². The van der Waals surface area contributed by atoms with Crippen LogP contribution in [-0.2, 0) is 17.9 Å². The number of nitrogens with one attached hydrogen (secondary N) is 2. The van der Waals surface area contributed by atoms with E-state index in [0.29, 0.717) is 13.0 Å². The number of aliphatic imine (C=N–C) groups is 1. The molecule has 0 spiro atoms. The molecule has 174 valence electrons. The lowest BCUT2D eigenvalue weighted by Gasteiger charge is -2.30. The van der Waals surface area contributed by atoms with E-state index in [0.717, 1.165) is 57.4 Å². The Balaban J connectivity index is 0.00000341. The van der Waals surface area contributed by atoms with E-state index in [1.165, 1.54) is 37.1 Å². The third-order valence-corrected chi connectivity index (χ3v) is 6.18. The molecule has 1 aromatic rings. The smallest absolute Gasteiger partial charge is 0.223 e. The second-order valence-corrected chi connectivity index (χ2v) is 8.69. The molecule has 1 amide bonds. The minimum atomic E-state index is 0. The van der Waals surface area contributed by atoms with Gasteiger partial charge in [-0.1, -0.05) is 31.2 Å². The van der Waals surface area contributed by atoms with Crippen LogP contribution >= 0.6 is 24.0 Å². The van der Waals surface area contributed by atoms with E-state index < -0.39 is 0 Å². The van der Waals surface area contributed by atoms with Crippen molar-refractivity contribution < 1.29 is 4.79 Å². The number of hydrogen-bond acceptors (Lipinski definition) is 3. The van der Waals surface area contributed by atoms with Crippen molar-refractivity contribution in [3.8, 4) is 0 Å². The average Bonchev–Trinajstić information content (AvgIpc) is 3.19. The molecule has 7 heteroatoms. The van der Waals surface area contributed by atoms with Crippen molar-refractivity contribution >= 4 is 35.8 Å². The Hall–Kier alpha value is -1.35. The van der Waals surface area contributed by atoms with E-state index in [4.69, 9.17) is 0 Å². The van der Waals surface area contributed by atoms with Crippen molar-refractivity contribution in [3.63, 3.8) is 0 Å². The van der Waals surface area contributed by atoms with Crippen molar-refractivity contribution in [2.75, 3.05) is 39.3 Å². The molecular weight excluding hydrogens is 501 g/mol. The summed E-state index contributed by atoms with van der Waals surface area (Å²) in [5.41, 5.74) is 2.56. The number of hydrogen-bond donors (Lipinski definition) is 2. The van der Waals surface area contributed by atoms with Crippen LogP contribution in [0.3, 0.4) is 0 Å². The molecule has 31 heavy (non-hydrogen) atoms. The molecule has 2 aliphatic heterocycles. The van der Waals surface area contributed by atoms with Gasteiger partial charge in [-0.15, -0.1) is 24.0 Å². The van der Waals surface area contributed by atoms with Gasteiger partial charge in [0.25, 0.3) is 0 Å². The molecule has 2 N–H and O–H groups in total. The summed E-state index contributed by atoms with van der Waals surface area (Å²) in [6.07, 6.45) is 5.14. The zero-order valence-electron chi connectivity index (χ0n) is 19.2. The van der Waals surface area contributed by atoms with E-state index in [1.54, 1.807) is 0 Å². The van der Waals surface area contributed by atoms with E-state index in [2.05, 4.69) is 46.5 Å². The lowest BCUT2D eigenvalue weighted by molar-refractivity contribution is -0.131. The first-order valence-electron chi connectivity index (χ1n) is 11.7. The fourth-order valence-corrected chi connectivity index (χ4v) is 4.23. The maximum absolute atomic E-state index is 12.5. The highest BCUT2D eigenvalue weighted by atomic mass is 127. The number of likely N-dealkylation sites (tertiary alicyclic amines) is 1. The molecule has 1 saturated heterocycles. The lowest BCUT2D eigenvalue weighted by atomic mass is 9.99. The number of piperidine rings is 1. The van der Waals surface area contributed by atoms with Gasteiger partial charge in [-0.05, 0) is 69.3 Å². The lowest BCUT2D eigenvalue weighted by Crippen LogP contribution is -2.39. The van der Waals surface area contributed by atoms with Crippen molar-refractivity contribution in [3.05, 3.63) is 35.4 Å². The quantitative estimate of drug-likeness (QED) is 0.217. The summed E-state index contributed by atoms with van der Waals surface area (Å²) in [7, 11) is 0. The van der Waals surface area contributed by atoms with Gasteiger partial charge in [0.15, 0.2) is 5.96 Å². The predicted octanol–water partition coefficient (Wildman–Crippen LogP) is 3.60. The van der Waals surface area contributed by atoms with E-state index >= 15 is 0 Å². The summed E-state index contributed by atoms with van der Waals surface area (Å²) in [5.74, 6) is 1.99. The highest BCUT2D eigenvalue weighted by Gasteiger charge is 2.22. The normalized spacial score (nSPS) is 17.2. The number of benzene rings is 1. The largest absolute Gasteiger partial charge is 0.357 e. The summed E-state index contributed by atoms with van der Waals surface area (Å²) in [5, 5.41) is 6.75. The SMILES string of the molecule is CCNC(=NCCCC(=O)N1Cc2ccccc2C1)NCCCN1CCC(C)CC1.I. The number of rotatable bonds is 9. The fourth-order valence-electron chi connectivity index (χ4n) is 4.23. The van der Waals surface area contributed by atoms with Gasteiger partial charge in [-0.2, -0.15) is 0 Å². The molecule has 0 atom stereocenters. The van der Waals surface area contributed by atoms with Gasteiger partial charge in [-0.3, -0.25) is 9.79 Å². The number of carbonyl (C=O) groups is 1. The number of amides is 1. The third-order valence-electron chi connectivity index (χ3n) is 6.18. The van der Waals surface area contributed by atoms with E-state index in [-0.39, 0.29) is 29.9 Å².